The average Bonchev–Trinajstić information content (AvgIpc) is 2.49. The Hall–Kier alpha value is -2.13. The fourth-order valence-corrected chi connectivity index (χ4v) is 1.92. The first-order valence-corrected chi connectivity index (χ1v) is 6.47. The van der Waals surface area contributed by atoms with Gasteiger partial charge in [0.05, 0.1) is 6.04 Å². The summed E-state index contributed by atoms with van der Waals surface area (Å²) in [5.74, 6) is -0.116. The molecule has 0 radical (unpaired) electrons. The van der Waals surface area contributed by atoms with Crippen molar-refractivity contribution in [3.05, 3.63) is 71.8 Å². The lowest BCUT2D eigenvalue weighted by Crippen LogP contribution is -2.39. The summed E-state index contributed by atoms with van der Waals surface area (Å²) in [6.07, 6.45) is 0.902. The molecule has 0 unspecified atom stereocenters. The highest BCUT2D eigenvalue weighted by Gasteiger charge is 2.10. The number of hydrogen-bond donors (Lipinski definition) is 2. The molecule has 0 heterocycles. The van der Waals surface area contributed by atoms with E-state index in [1.165, 1.54) is 5.56 Å². The molecule has 1 atom stereocenters. The third kappa shape index (κ3) is 3.66. The first-order valence-electron chi connectivity index (χ1n) is 6.47. The summed E-state index contributed by atoms with van der Waals surface area (Å²) in [7, 11) is 0. The highest BCUT2D eigenvalue weighted by atomic mass is 16.2. The molecule has 0 fully saturated rings. The van der Waals surface area contributed by atoms with Crippen molar-refractivity contribution in [3.8, 4) is 0 Å². The second-order valence-corrected chi connectivity index (χ2v) is 4.34. The van der Waals surface area contributed by atoms with Crippen LogP contribution in [0.5, 0.6) is 0 Å². The molecule has 0 saturated carbocycles. The van der Waals surface area contributed by atoms with Crippen LogP contribution in [0.3, 0.4) is 0 Å². The highest BCUT2D eigenvalue weighted by molar-refractivity contribution is 5.93. The van der Waals surface area contributed by atoms with E-state index >= 15 is 0 Å². The number of carbonyl (C=O) groups is 1. The number of amides is 1. The van der Waals surface area contributed by atoms with E-state index in [1.807, 2.05) is 36.4 Å². The largest absolute Gasteiger partial charge is 0.287 e. The van der Waals surface area contributed by atoms with Gasteiger partial charge in [0.15, 0.2) is 0 Å². The molecule has 2 rings (SSSR count). The molecule has 0 aliphatic heterocycles. The minimum absolute atomic E-state index is 0.116. The minimum atomic E-state index is -0.116. The van der Waals surface area contributed by atoms with Crippen LogP contribution in [-0.2, 0) is 0 Å². The van der Waals surface area contributed by atoms with Gasteiger partial charge >= 0.3 is 0 Å². The van der Waals surface area contributed by atoms with Crippen molar-refractivity contribution in [1.82, 2.24) is 10.9 Å². The molecule has 0 aliphatic rings. The summed E-state index contributed by atoms with van der Waals surface area (Å²) in [5.41, 5.74) is 7.66. The zero-order valence-electron chi connectivity index (χ0n) is 11.0. The Kier molecular flexibility index (Phi) is 4.70. The van der Waals surface area contributed by atoms with Crippen molar-refractivity contribution < 1.29 is 4.79 Å². The quantitative estimate of drug-likeness (QED) is 0.805. The lowest BCUT2D eigenvalue weighted by Gasteiger charge is -2.18. The van der Waals surface area contributed by atoms with E-state index in [0.29, 0.717) is 5.56 Å². The Labute approximate surface area is 113 Å². The molecular weight excluding hydrogens is 236 g/mol. The molecule has 0 aliphatic carbocycles. The second-order valence-electron chi connectivity index (χ2n) is 4.34. The van der Waals surface area contributed by atoms with E-state index in [4.69, 9.17) is 0 Å². The number of rotatable bonds is 5. The number of nitrogens with one attached hydrogen (secondary N) is 2. The fourth-order valence-electron chi connectivity index (χ4n) is 1.92. The van der Waals surface area contributed by atoms with Gasteiger partial charge in [0.1, 0.15) is 0 Å². The first kappa shape index (κ1) is 13.3. The summed E-state index contributed by atoms with van der Waals surface area (Å²) in [5, 5.41) is 0. The van der Waals surface area contributed by atoms with Gasteiger partial charge in [-0.15, -0.1) is 0 Å². The van der Waals surface area contributed by atoms with Gasteiger partial charge in [0.2, 0.25) is 0 Å². The summed E-state index contributed by atoms with van der Waals surface area (Å²) in [6.45, 7) is 2.08. The zero-order valence-corrected chi connectivity index (χ0v) is 11.0. The molecule has 0 bridgehead atoms. The number of hydrogen-bond acceptors (Lipinski definition) is 2. The van der Waals surface area contributed by atoms with E-state index < -0.39 is 0 Å². The maximum atomic E-state index is 11.9. The van der Waals surface area contributed by atoms with Gasteiger partial charge in [-0.1, -0.05) is 55.5 Å². The van der Waals surface area contributed by atoms with E-state index in [-0.39, 0.29) is 11.9 Å². The first-order chi connectivity index (χ1) is 9.31. The standard InChI is InChI=1S/C16H18N2O/c1-2-15(13-9-5-3-6-10-13)17-18-16(19)14-11-7-4-8-12-14/h3-12,15,17H,2H2,1H3,(H,18,19)/t15-/m0/s1. The molecule has 19 heavy (non-hydrogen) atoms. The van der Waals surface area contributed by atoms with Crippen LogP contribution in [0.15, 0.2) is 60.7 Å². The van der Waals surface area contributed by atoms with Crippen LogP contribution >= 0.6 is 0 Å². The van der Waals surface area contributed by atoms with Crippen molar-refractivity contribution in [2.24, 2.45) is 0 Å². The van der Waals surface area contributed by atoms with Crippen LogP contribution in [0.4, 0.5) is 0 Å². The van der Waals surface area contributed by atoms with Crippen molar-refractivity contribution in [3.63, 3.8) is 0 Å². The molecule has 0 saturated heterocycles. The van der Waals surface area contributed by atoms with E-state index in [9.17, 15) is 4.79 Å². The van der Waals surface area contributed by atoms with Gasteiger partial charge in [0, 0.05) is 5.56 Å². The summed E-state index contributed by atoms with van der Waals surface area (Å²) in [6, 6.07) is 19.4. The van der Waals surface area contributed by atoms with Gasteiger partial charge in [-0.3, -0.25) is 10.2 Å². The number of benzene rings is 2. The number of carbonyl (C=O) groups excluding carboxylic acids is 1. The van der Waals surface area contributed by atoms with Crippen LogP contribution < -0.4 is 10.9 Å². The smallest absolute Gasteiger partial charge is 0.265 e. The molecule has 2 aromatic rings. The van der Waals surface area contributed by atoms with Crippen LogP contribution in [-0.4, -0.2) is 5.91 Å². The summed E-state index contributed by atoms with van der Waals surface area (Å²) >= 11 is 0. The van der Waals surface area contributed by atoms with Gasteiger partial charge in [0.25, 0.3) is 5.91 Å². The molecule has 98 valence electrons. The monoisotopic (exact) mass is 254 g/mol. The third-order valence-electron chi connectivity index (χ3n) is 3.01. The Bertz CT molecular complexity index is 511. The molecule has 2 N–H and O–H groups in total. The Morgan fingerprint density at radius 1 is 1.00 bits per heavy atom. The Morgan fingerprint density at radius 2 is 1.58 bits per heavy atom. The second kappa shape index (κ2) is 6.71. The summed E-state index contributed by atoms with van der Waals surface area (Å²) < 4.78 is 0. The van der Waals surface area contributed by atoms with Crippen LogP contribution in [0.2, 0.25) is 0 Å². The van der Waals surface area contributed by atoms with Crippen LogP contribution in [0, 0.1) is 0 Å². The van der Waals surface area contributed by atoms with Crippen molar-refractivity contribution in [1.29, 1.82) is 0 Å². The van der Waals surface area contributed by atoms with E-state index in [1.54, 1.807) is 12.1 Å². The Morgan fingerprint density at radius 3 is 2.16 bits per heavy atom. The molecule has 0 spiro atoms. The predicted molar refractivity (Wildman–Crippen MR) is 76.5 cm³/mol. The fraction of sp³-hybridized carbons (Fsp3) is 0.188. The van der Waals surface area contributed by atoms with Gasteiger partial charge in [-0.05, 0) is 24.1 Å². The maximum absolute atomic E-state index is 11.9. The molecule has 3 nitrogen and oxygen atoms in total. The van der Waals surface area contributed by atoms with Crippen molar-refractivity contribution in [2.45, 2.75) is 19.4 Å². The normalized spacial score (nSPS) is 11.8. The molecule has 2 aromatic carbocycles. The SMILES string of the molecule is CC[C@H](NNC(=O)c1ccccc1)c1ccccc1. The molecule has 3 heteroatoms. The topological polar surface area (TPSA) is 41.1 Å². The summed E-state index contributed by atoms with van der Waals surface area (Å²) in [4.78, 5) is 11.9. The number of hydrazine groups is 1. The lowest BCUT2D eigenvalue weighted by molar-refractivity contribution is 0.0924. The van der Waals surface area contributed by atoms with Crippen LogP contribution in [0.1, 0.15) is 35.3 Å². The lowest BCUT2D eigenvalue weighted by atomic mass is 10.1. The van der Waals surface area contributed by atoms with Gasteiger partial charge in [-0.2, -0.15) is 0 Å². The molecule has 1 amide bonds. The van der Waals surface area contributed by atoms with E-state index in [2.05, 4.69) is 29.9 Å². The third-order valence-corrected chi connectivity index (χ3v) is 3.01. The van der Waals surface area contributed by atoms with Crippen molar-refractivity contribution >= 4 is 5.91 Å². The van der Waals surface area contributed by atoms with E-state index in [0.717, 1.165) is 6.42 Å². The maximum Gasteiger partial charge on any atom is 0.265 e. The zero-order chi connectivity index (χ0) is 13.5. The van der Waals surface area contributed by atoms with Gasteiger partial charge in [-0.25, -0.2) is 5.43 Å². The molecule has 0 aromatic heterocycles. The predicted octanol–water partition coefficient (Wildman–Crippen LogP) is 3.07. The Balaban J connectivity index is 1.96. The van der Waals surface area contributed by atoms with Crippen molar-refractivity contribution in [2.75, 3.05) is 0 Å². The van der Waals surface area contributed by atoms with Gasteiger partial charge < -0.3 is 0 Å². The highest BCUT2D eigenvalue weighted by Crippen LogP contribution is 2.14. The molecular formula is C16H18N2O. The average molecular weight is 254 g/mol. The van der Waals surface area contributed by atoms with Crippen LogP contribution in [0.25, 0.3) is 0 Å². The minimum Gasteiger partial charge on any atom is -0.287 e.